The van der Waals surface area contributed by atoms with Crippen molar-refractivity contribution in [3.05, 3.63) is 0 Å². The predicted octanol–water partition coefficient (Wildman–Crippen LogP) is 3.96. The molecule has 0 radical (unpaired) electrons. The second-order valence-electron chi connectivity index (χ2n) is 6.64. The molecule has 0 rings (SSSR count). The molecular formula is C16H35NO. The Labute approximate surface area is 115 Å². The lowest BCUT2D eigenvalue weighted by Gasteiger charge is -2.22. The van der Waals surface area contributed by atoms with E-state index >= 15 is 0 Å². The summed E-state index contributed by atoms with van der Waals surface area (Å²) in [6.07, 6.45) is 2.36. The monoisotopic (exact) mass is 257 g/mol. The van der Waals surface area contributed by atoms with Crippen molar-refractivity contribution in [1.82, 2.24) is 5.32 Å². The maximum absolute atomic E-state index is 5.72. The fourth-order valence-electron chi connectivity index (χ4n) is 1.88. The Morgan fingerprint density at radius 1 is 0.778 bits per heavy atom. The van der Waals surface area contributed by atoms with E-state index < -0.39 is 0 Å². The van der Waals surface area contributed by atoms with Crippen LogP contribution in [-0.2, 0) is 4.74 Å². The number of rotatable bonds is 11. The van der Waals surface area contributed by atoms with Gasteiger partial charge in [0.1, 0.15) is 0 Å². The van der Waals surface area contributed by atoms with Crippen LogP contribution >= 0.6 is 0 Å². The van der Waals surface area contributed by atoms with Crippen molar-refractivity contribution in [2.45, 2.75) is 54.4 Å². The quantitative estimate of drug-likeness (QED) is 0.566. The molecule has 2 nitrogen and oxygen atoms in total. The highest BCUT2D eigenvalue weighted by Crippen LogP contribution is 2.14. The second-order valence-corrected chi connectivity index (χ2v) is 6.64. The normalized spacial score (nSPS) is 13.8. The van der Waals surface area contributed by atoms with E-state index in [0.29, 0.717) is 0 Å². The highest BCUT2D eigenvalue weighted by Gasteiger charge is 2.13. The van der Waals surface area contributed by atoms with Crippen molar-refractivity contribution in [1.29, 1.82) is 0 Å². The Kier molecular flexibility index (Phi) is 10.8. The van der Waals surface area contributed by atoms with Crippen LogP contribution in [0.2, 0.25) is 0 Å². The summed E-state index contributed by atoms with van der Waals surface area (Å²) in [6.45, 7) is 17.7. The maximum Gasteiger partial charge on any atom is 0.0469 e. The van der Waals surface area contributed by atoms with Crippen LogP contribution in [0.5, 0.6) is 0 Å². The molecule has 0 aromatic heterocycles. The molecule has 0 heterocycles. The van der Waals surface area contributed by atoms with Gasteiger partial charge in [-0.25, -0.2) is 0 Å². The van der Waals surface area contributed by atoms with Gasteiger partial charge in [-0.3, -0.25) is 0 Å². The number of ether oxygens (including phenoxy) is 1. The first-order valence-corrected chi connectivity index (χ1v) is 7.71. The van der Waals surface area contributed by atoms with E-state index in [1.54, 1.807) is 0 Å². The lowest BCUT2D eigenvalue weighted by molar-refractivity contribution is 0.104. The van der Waals surface area contributed by atoms with E-state index in [1.165, 1.54) is 12.8 Å². The standard InChI is InChI=1S/C16H35NO/c1-13(2)7-9-18-10-8-16(15(5)6)12-17-11-14(3)4/h13-17H,7-12H2,1-6H3. The molecule has 1 atom stereocenters. The molecule has 1 N–H and O–H groups in total. The fraction of sp³-hybridized carbons (Fsp3) is 1.00. The maximum atomic E-state index is 5.72. The van der Waals surface area contributed by atoms with E-state index in [0.717, 1.165) is 50.0 Å². The summed E-state index contributed by atoms with van der Waals surface area (Å²) in [4.78, 5) is 0. The largest absolute Gasteiger partial charge is 0.381 e. The Balaban J connectivity index is 3.63. The number of hydrogen-bond acceptors (Lipinski definition) is 2. The molecule has 0 fully saturated rings. The van der Waals surface area contributed by atoms with Crippen molar-refractivity contribution < 1.29 is 4.74 Å². The lowest BCUT2D eigenvalue weighted by atomic mass is 9.92. The molecular weight excluding hydrogens is 222 g/mol. The molecule has 18 heavy (non-hydrogen) atoms. The van der Waals surface area contributed by atoms with Crippen molar-refractivity contribution in [3.8, 4) is 0 Å². The van der Waals surface area contributed by atoms with E-state index in [2.05, 4.69) is 46.9 Å². The average Bonchev–Trinajstić information content (AvgIpc) is 2.25. The van der Waals surface area contributed by atoms with E-state index in [4.69, 9.17) is 4.74 Å². The third-order valence-corrected chi connectivity index (χ3v) is 3.37. The summed E-state index contributed by atoms with van der Waals surface area (Å²) in [5.74, 6) is 2.96. The molecule has 0 saturated heterocycles. The smallest absolute Gasteiger partial charge is 0.0469 e. The molecule has 0 amide bonds. The molecule has 0 aliphatic carbocycles. The van der Waals surface area contributed by atoms with Gasteiger partial charge in [-0.05, 0) is 49.6 Å². The van der Waals surface area contributed by atoms with Crippen LogP contribution in [0.3, 0.4) is 0 Å². The van der Waals surface area contributed by atoms with Crippen LogP contribution < -0.4 is 5.32 Å². The Morgan fingerprint density at radius 2 is 1.39 bits per heavy atom. The third-order valence-electron chi connectivity index (χ3n) is 3.37. The predicted molar refractivity (Wildman–Crippen MR) is 80.9 cm³/mol. The SMILES string of the molecule is CC(C)CCOCCC(CNCC(C)C)C(C)C. The summed E-state index contributed by atoms with van der Waals surface area (Å²) in [6, 6.07) is 0. The van der Waals surface area contributed by atoms with Gasteiger partial charge in [0.15, 0.2) is 0 Å². The first kappa shape index (κ1) is 17.9. The minimum atomic E-state index is 0.735. The number of hydrogen-bond donors (Lipinski definition) is 1. The minimum absolute atomic E-state index is 0.735. The van der Waals surface area contributed by atoms with Crippen molar-refractivity contribution in [3.63, 3.8) is 0 Å². The first-order valence-electron chi connectivity index (χ1n) is 7.71. The highest BCUT2D eigenvalue weighted by atomic mass is 16.5. The Hall–Kier alpha value is -0.0800. The molecule has 0 bridgehead atoms. The molecule has 2 heteroatoms. The van der Waals surface area contributed by atoms with Crippen LogP contribution in [0.25, 0.3) is 0 Å². The van der Waals surface area contributed by atoms with Gasteiger partial charge in [0, 0.05) is 13.2 Å². The molecule has 1 unspecified atom stereocenters. The topological polar surface area (TPSA) is 21.3 Å². The van der Waals surface area contributed by atoms with Crippen LogP contribution in [0, 0.1) is 23.7 Å². The molecule has 110 valence electrons. The zero-order valence-electron chi connectivity index (χ0n) is 13.5. The zero-order chi connectivity index (χ0) is 14.0. The third kappa shape index (κ3) is 11.0. The summed E-state index contributed by atoms with van der Waals surface area (Å²) in [7, 11) is 0. The van der Waals surface area contributed by atoms with Crippen LogP contribution in [0.1, 0.15) is 54.4 Å². The van der Waals surface area contributed by atoms with Crippen molar-refractivity contribution in [2.24, 2.45) is 23.7 Å². The lowest BCUT2D eigenvalue weighted by Crippen LogP contribution is -2.29. The van der Waals surface area contributed by atoms with Gasteiger partial charge >= 0.3 is 0 Å². The van der Waals surface area contributed by atoms with Crippen molar-refractivity contribution in [2.75, 3.05) is 26.3 Å². The average molecular weight is 257 g/mol. The van der Waals surface area contributed by atoms with E-state index in [1.807, 2.05) is 0 Å². The first-order chi connectivity index (χ1) is 8.43. The summed E-state index contributed by atoms with van der Waals surface area (Å²) in [5.41, 5.74) is 0. The van der Waals surface area contributed by atoms with Crippen LogP contribution in [-0.4, -0.2) is 26.3 Å². The Bertz CT molecular complexity index is 178. The van der Waals surface area contributed by atoms with Gasteiger partial charge in [0.25, 0.3) is 0 Å². The van der Waals surface area contributed by atoms with Gasteiger partial charge in [0.05, 0.1) is 0 Å². The Morgan fingerprint density at radius 3 is 1.89 bits per heavy atom. The molecule has 0 aromatic rings. The summed E-state index contributed by atoms with van der Waals surface area (Å²) >= 11 is 0. The molecule has 0 aliphatic heterocycles. The molecule has 0 aromatic carbocycles. The fourth-order valence-corrected chi connectivity index (χ4v) is 1.88. The second kappa shape index (κ2) is 10.8. The number of nitrogens with one attached hydrogen (secondary N) is 1. The minimum Gasteiger partial charge on any atom is -0.381 e. The molecule has 0 aliphatic rings. The van der Waals surface area contributed by atoms with Gasteiger partial charge < -0.3 is 10.1 Å². The van der Waals surface area contributed by atoms with E-state index in [9.17, 15) is 0 Å². The highest BCUT2D eigenvalue weighted by molar-refractivity contribution is 4.66. The van der Waals surface area contributed by atoms with Crippen LogP contribution in [0.4, 0.5) is 0 Å². The van der Waals surface area contributed by atoms with Gasteiger partial charge in [0.2, 0.25) is 0 Å². The van der Waals surface area contributed by atoms with Gasteiger partial charge in [-0.1, -0.05) is 41.5 Å². The summed E-state index contributed by atoms with van der Waals surface area (Å²) in [5, 5.41) is 3.57. The zero-order valence-corrected chi connectivity index (χ0v) is 13.5. The van der Waals surface area contributed by atoms with E-state index in [-0.39, 0.29) is 0 Å². The molecule has 0 spiro atoms. The van der Waals surface area contributed by atoms with Gasteiger partial charge in [-0.15, -0.1) is 0 Å². The van der Waals surface area contributed by atoms with Crippen LogP contribution in [0.15, 0.2) is 0 Å². The van der Waals surface area contributed by atoms with Gasteiger partial charge in [-0.2, -0.15) is 0 Å². The summed E-state index contributed by atoms with van der Waals surface area (Å²) < 4.78 is 5.72. The molecule has 0 saturated carbocycles. The van der Waals surface area contributed by atoms with Crippen molar-refractivity contribution >= 4 is 0 Å².